The molecule has 0 aliphatic heterocycles. The summed E-state index contributed by atoms with van der Waals surface area (Å²) >= 11 is 5.90. The van der Waals surface area contributed by atoms with Crippen molar-refractivity contribution in [3.63, 3.8) is 0 Å². The summed E-state index contributed by atoms with van der Waals surface area (Å²) in [6, 6.07) is 12.7. The summed E-state index contributed by atoms with van der Waals surface area (Å²) in [5.74, 6) is -0.553. The van der Waals surface area contributed by atoms with E-state index in [1.54, 1.807) is 30.3 Å². The first-order valence-electron chi connectivity index (χ1n) is 6.75. The van der Waals surface area contributed by atoms with E-state index in [0.29, 0.717) is 16.5 Å². The third kappa shape index (κ3) is 3.54. The zero-order valence-corrected chi connectivity index (χ0v) is 12.5. The fourth-order valence-electron chi connectivity index (χ4n) is 1.96. The van der Waals surface area contributed by atoms with Crippen LogP contribution in [0.25, 0.3) is 11.5 Å². The van der Waals surface area contributed by atoms with Gasteiger partial charge in [-0.25, -0.2) is 4.39 Å². The highest BCUT2D eigenvalue weighted by molar-refractivity contribution is 6.30. The number of nitrogens with one attached hydrogen (secondary N) is 1. The van der Waals surface area contributed by atoms with Crippen LogP contribution in [0.2, 0.25) is 5.02 Å². The van der Waals surface area contributed by atoms with Crippen LogP contribution in [0.15, 0.2) is 53.1 Å². The average Bonchev–Trinajstić information content (AvgIpc) is 3.02. The second-order valence-corrected chi connectivity index (χ2v) is 5.13. The monoisotopic (exact) mass is 331 g/mol. The van der Waals surface area contributed by atoms with E-state index in [9.17, 15) is 9.18 Å². The summed E-state index contributed by atoms with van der Waals surface area (Å²) in [5, 5.41) is 6.87. The first-order valence-corrected chi connectivity index (χ1v) is 7.12. The van der Waals surface area contributed by atoms with E-state index >= 15 is 0 Å². The number of halogens is 2. The number of rotatable bonds is 4. The van der Waals surface area contributed by atoms with E-state index in [2.05, 4.69) is 15.5 Å². The third-order valence-electron chi connectivity index (χ3n) is 3.07. The zero-order valence-electron chi connectivity index (χ0n) is 11.8. The van der Waals surface area contributed by atoms with E-state index in [1.807, 2.05) is 0 Å². The van der Waals surface area contributed by atoms with Crippen LogP contribution >= 0.6 is 11.6 Å². The van der Waals surface area contributed by atoms with Gasteiger partial charge < -0.3 is 9.84 Å². The van der Waals surface area contributed by atoms with Crippen molar-refractivity contribution in [3.05, 3.63) is 70.8 Å². The first kappa shape index (κ1) is 15.2. The van der Waals surface area contributed by atoms with Crippen molar-refractivity contribution in [1.82, 2.24) is 15.5 Å². The van der Waals surface area contributed by atoms with Gasteiger partial charge in [0.2, 0.25) is 0 Å². The second-order valence-electron chi connectivity index (χ2n) is 4.69. The Labute approximate surface area is 136 Å². The number of nitrogens with zero attached hydrogens (tertiary/aromatic N) is 2. The molecule has 1 N–H and O–H groups in total. The SMILES string of the molecule is O=C(NCc1noc(-c2cccc(Cl)c2)n1)c1ccccc1F. The van der Waals surface area contributed by atoms with Crippen molar-refractivity contribution in [2.24, 2.45) is 0 Å². The van der Waals surface area contributed by atoms with Crippen LogP contribution < -0.4 is 5.32 Å². The molecule has 1 amide bonds. The van der Waals surface area contributed by atoms with Gasteiger partial charge in [0, 0.05) is 10.6 Å². The minimum atomic E-state index is -0.585. The minimum absolute atomic E-state index is 0.0250. The molecule has 1 aromatic heterocycles. The number of aromatic nitrogens is 2. The van der Waals surface area contributed by atoms with E-state index < -0.39 is 11.7 Å². The van der Waals surface area contributed by atoms with Crippen molar-refractivity contribution in [2.75, 3.05) is 0 Å². The molecule has 5 nitrogen and oxygen atoms in total. The molecule has 0 spiro atoms. The van der Waals surface area contributed by atoms with Gasteiger partial charge in [0.1, 0.15) is 5.82 Å². The molecule has 0 bridgehead atoms. The van der Waals surface area contributed by atoms with Gasteiger partial charge in [0.05, 0.1) is 12.1 Å². The number of benzene rings is 2. The summed E-state index contributed by atoms with van der Waals surface area (Å²) in [6.07, 6.45) is 0. The van der Waals surface area contributed by atoms with Gasteiger partial charge >= 0.3 is 0 Å². The molecule has 0 aliphatic rings. The lowest BCUT2D eigenvalue weighted by Crippen LogP contribution is -2.24. The number of amides is 1. The van der Waals surface area contributed by atoms with Gasteiger partial charge in [0.25, 0.3) is 11.8 Å². The van der Waals surface area contributed by atoms with Gasteiger partial charge in [-0.05, 0) is 30.3 Å². The third-order valence-corrected chi connectivity index (χ3v) is 3.30. The van der Waals surface area contributed by atoms with Crippen LogP contribution in [0.3, 0.4) is 0 Å². The minimum Gasteiger partial charge on any atom is -0.345 e. The molecule has 7 heteroatoms. The quantitative estimate of drug-likeness (QED) is 0.795. The fraction of sp³-hybridized carbons (Fsp3) is 0.0625. The number of hydrogen-bond donors (Lipinski definition) is 1. The van der Waals surface area contributed by atoms with Gasteiger partial charge in [0.15, 0.2) is 5.82 Å². The van der Waals surface area contributed by atoms with E-state index in [1.165, 1.54) is 18.2 Å². The molecule has 2 aromatic carbocycles. The first-order chi connectivity index (χ1) is 11.1. The van der Waals surface area contributed by atoms with Crippen LogP contribution in [-0.2, 0) is 6.54 Å². The molecule has 1 heterocycles. The van der Waals surface area contributed by atoms with E-state index in [4.69, 9.17) is 16.1 Å². The molecule has 0 fully saturated rings. The molecule has 23 heavy (non-hydrogen) atoms. The molecule has 0 saturated carbocycles. The maximum Gasteiger partial charge on any atom is 0.258 e. The number of hydrogen-bond acceptors (Lipinski definition) is 4. The lowest BCUT2D eigenvalue weighted by molar-refractivity contribution is 0.0945. The molecule has 0 atom stereocenters. The normalized spacial score (nSPS) is 10.5. The highest BCUT2D eigenvalue weighted by Gasteiger charge is 2.13. The summed E-state index contributed by atoms with van der Waals surface area (Å²) in [6.45, 7) is 0.0250. The predicted octanol–water partition coefficient (Wildman–Crippen LogP) is 3.46. The Morgan fingerprint density at radius 1 is 1.22 bits per heavy atom. The lowest BCUT2D eigenvalue weighted by atomic mass is 10.2. The summed E-state index contributed by atoms with van der Waals surface area (Å²) < 4.78 is 18.6. The topological polar surface area (TPSA) is 68.0 Å². The average molecular weight is 332 g/mol. The Kier molecular flexibility index (Phi) is 4.34. The molecule has 3 rings (SSSR count). The van der Waals surface area contributed by atoms with Gasteiger partial charge in [-0.15, -0.1) is 0 Å². The Morgan fingerprint density at radius 3 is 2.83 bits per heavy atom. The van der Waals surface area contributed by atoms with Crippen LogP contribution in [0.5, 0.6) is 0 Å². The number of carbonyl (C=O) groups is 1. The Bertz CT molecular complexity index is 851. The van der Waals surface area contributed by atoms with Crippen molar-refractivity contribution >= 4 is 17.5 Å². The Morgan fingerprint density at radius 2 is 2.04 bits per heavy atom. The molecular formula is C16H11ClFN3O2. The lowest BCUT2D eigenvalue weighted by Gasteiger charge is -2.03. The van der Waals surface area contributed by atoms with Crippen LogP contribution in [0.1, 0.15) is 16.2 Å². The standard InChI is InChI=1S/C16H11ClFN3O2/c17-11-5-3-4-10(8-11)16-20-14(21-23-16)9-19-15(22)12-6-1-2-7-13(12)18/h1-8H,9H2,(H,19,22). The van der Waals surface area contributed by atoms with Crippen molar-refractivity contribution in [1.29, 1.82) is 0 Å². The predicted molar refractivity (Wildman–Crippen MR) is 82.3 cm³/mol. The largest absolute Gasteiger partial charge is 0.345 e. The van der Waals surface area contributed by atoms with Gasteiger partial charge in [-0.1, -0.05) is 35.0 Å². The van der Waals surface area contributed by atoms with Crippen molar-refractivity contribution < 1.29 is 13.7 Å². The maximum atomic E-state index is 13.5. The van der Waals surface area contributed by atoms with Crippen LogP contribution in [0, 0.1) is 5.82 Å². The molecule has 0 unspecified atom stereocenters. The fourth-order valence-corrected chi connectivity index (χ4v) is 2.15. The number of carbonyl (C=O) groups excluding carboxylic acids is 1. The van der Waals surface area contributed by atoms with E-state index in [0.717, 1.165) is 0 Å². The van der Waals surface area contributed by atoms with Gasteiger partial charge in [-0.3, -0.25) is 4.79 Å². The van der Waals surface area contributed by atoms with Crippen LogP contribution in [0.4, 0.5) is 4.39 Å². The Balaban J connectivity index is 1.68. The van der Waals surface area contributed by atoms with Crippen molar-refractivity contribution in [3.8, 4) is 11.5 Å². The molecule has 0 aliphatic carbocycles. The molecular weight excluding hydrogens is 321 g/mol. The molecule has 3 aromatic rings. The highest BCUT2D eigenvalue weighted by atomic mass is 35.5. The van der Waals surface area contributed by atoms with Gasteiger partial charge in [-0.2, -0.15) is 4.98 Å². The summed E-state index contributed by atoms with van der Waals surface area (Å²) in [4.78, 5) is 16.1. The van der Waals surface area contributed by atoms with Crippen LogP contribution in [-0.4, -0.2) is 16.0 Å². The summed E-state index contributed by atoms with van der Waals surface area (Å²) in [5.41, 5.74) is 0.641. The van der Waals surface area contributed by atoms with Crippen molar-refractivity contribution in [2.45, 2.75) is 6.54 Å². The molecule has 116 valence electrons. The summed E-state index contributed by atoms with van der Waals surface area (Å²) in [7, 11) is 0. The maximum absolute atomic E-state index is 13.5. The second kappa shape index (κ2) is 6.58. The zero-order chi connectivity index (χ0) is 16.2. The highest BCUT2D eigenvalue weighted by Crippen LogP contribution is 2.20. The molecule has 0 saturated heterocycles. The smallest absolute Gasteiger partial charge is 0.258 e. The Hall–Kier alpha value is -2.73. The molecule has 0 radical (unpaired) electrons. The van der Waals surface area contributed by atoms with E-state index in [-0.39, 0.29) is 17.9 Å².